The van der Waals surface area contributed by atoms with Crippen molar-refractivity contribution in [3.8, 4) is 0 Å². The molecule has 0 unspecified atom stereocenters. The Kier molecular flexibility index (Phi) is 9.32. The average molecular weight is 431 g/mol. The molecule has 0 spiro atoms. The predicted octanol–water partition coefficient (Wildman–Crippen LogP) is 5.07. The molecule has 0 aliphatic carbocycles. The summed E-state index contributed by atoms with van der Waals surface area (Å²) < 4.78 is 5.89. The summed E-state index contributed by atoms with van der Waals surface area (Å²) in [4.78, 5) is 14.6. The predicted molar refractivity (Wildman–Crippen MR) is 122 cm³/mol. The summed E-state index contributed by atoms with van der Waals surface area (Å²) in [7, 11) is 2.00. The number of benzene rings is 2. The summed E-state index contributed by atoms with van der Waals surface area (Å²) in [6, 6.07) is 16.1. The van der Waals surface area contributed by atoms with Gasteiger partial charge < -0.3 is 15.4 Å². The number of ether oxygens (including phenoxy) is 1. The Labute approximate surface area is 182 Å². The van der Waals surface area contributed by atoms with Crippen LogP contribution in [0.5, 0.6) is 0 Å². The van der Waals surface area contributed by atoms with Gasteiger partial charge in [0.1, 0.15) is 17.4 Å². The van der Waals surface area contributed by atoms with E-state index in [4.69, 9.17) is 22.1 Å². The van der Waals surface area contributed by atoms with Crippen molar-refractivity contribution in [2.24, 2.45) is 5.73 Å². The normalized spacial score (nSPS) is 12.4. The van der Waals surface area contributed by atoms with Gasteiger partial charge in [-0.15, -0.1) is 11.8 Å². The van der Waals surface area contributed by atoms with Gasteiger partial charge in [-0.1, -0.05) is 54.1 Å². The number of nitrogens with zero attached hydrogens (tertiary/aromatic N) is 1. The molecule has 2 aromatic carbocycles. The molecule has 6 heteroatoms. The van der Waals surface area contributed by atoms with Gasteiger partial charge in [0.05, 0.1) is 0 Å². The standard InChI is InChI=1S/C23H27ClN2O2S/c1-17(26(2)14-19-9-6-7-11-23(19)29-3)12-22(21(24)15-27)28-16-20-10-5-4-8-18(20)13-25/h4-12,15H,13-14,16,25H2,1-3H3/b17-12-,22-21-. The van der Waals surface area contributed by atoms with E-state index in [-0.39, 0.29) is 11.6 Å². The van der Waals surface area contributed by atoms with Crippen molar-refractivity contribution in [3.05, 3.63) is 87.8 Å². The molecule has 0 radical (unpaired) electrons. The highest BCUT2D eigenvalue weighted by atomic mass is 35.5. The number of thioether (sulfide) groups is 1. The summed E-state index contributed by atoms with van der Waals surface area (Å²) in [6.45, 7) is 3.41. The van der Waals surface area contributed by atoms with Crippen molar-refractivity contribution in [2.75, 3.05) is 13.3 Å². The Bertz CT molecular complexity index is 896. The Morgan fingerprint density at radius 3 is 2.38 bits per heavy atom. The van der Waals surface area contributed by atoms with Crippen molar-refractivity contribution < 1.29 is 9.53 Å². The van der Waals surface area contributed by atoms with Crippen LogP contribution in [0.15, 0.2) is 76.0 Å². The lowest BCUT2D eigenvalue weighted by atomic mass is 10.1. The van der Waals surface area contributed by atoms with Crippen molar-refractivity contribution in [3.63, 3.8) is 0 Å². The molecule has 2 N–H and O–H groups in total. The van der Waals surface area contributed by atoms with Crippen molar-refractivity contribution in [1.29, 1.82) is 0 Å². The number of carbonyl (C=O) groups excluding carboxylic acids is 1. The van der Waals surface area contributed by atoms with E-state index < -0.39 is 0 Å². The van der Waals surface area contributed by atoms with Gasteiger partial charge in [0.25, 0.3) is 0 Å². The molecular weight excluding hydrogens is 404 g/mol. The van der Waals surface area contributed by atoms with E-state index >= 15 is 0 Å². The van der Waals surface area contributed by atoms with Crippen LogP contribution in [0.25, 0.3) is 0 Å². The maximum atomic E-state index is 11.3. The van der Waals surface area contributed by atoms with Crippen LogP contribution in [-0.2, 0) is 29.2 Å². The molecule has 0 aliphatic heterocycles. The van der Waals surface area contributed by atoms with E-state index in [1.165, 1.54) is 10.5 Å². The quantitative estimate of drug-likeness (QED) is 0.187. The van der Waals surface area contributed by atoms with Crippen LogP contribution in [0.2, 0.25) is 0 Å². The van der Waals surface area contributed by atoms with Gasteiger partial charge in [-0.25, -0.2) is 0 Å². The zero-order chi connectivity index (χ0) is 21.2. The topological polar surface area (TPSA) is 55.6 Å². The lowest BCUT2D eigenvalue weighted by Crippen LogP contribution is -2.16. The molecule has 0 aromatic heterocycles. The Morgan fingerprint density at radius 1 is 1.14 bits per heavy atom. The summed E-state index contributed by atoms with van der Waals surface area (Å²) in [5, 5.41) is 0.0347. The number of allylic oxidation sites excluding steroid dienone is 3. The number of hydrogen-bond acceptors (Lipinski definition) is 5. The second-order valence-corrected chi connectivity index (χ2v) is 7.80. The lowest BCUT2D eigenvalue weighted by molar-refractivity contribution is -0.104. The van der Waals surface area contributed by atoms with Gasteiger partial charge >= 0.3 is 0 Å². The first-order chi connectivity index (χ1) is 14.0. The zero-order valence-electron chi connectivity index (χ0n) is 17.0. The molecule has 29 heavy (non-hydrogen) atoms. The molecule has 0 atom stereocenters. The third kappa shape index (κ3) is 6.67. The SMILES string of the molecule is CSc1ccccc1CN(C)/C(C)=C\C(OCc1ccccc1CN)=C(\Cl)C=O. The average Bonchev–Trinajstić information content (AvgIpc) is 2.76. The first-order valence-corrected chi connectivity index (χ1v) is 10.9. The number of carbonyl (C=O) groups is 1. The van der Waals surface area contributed by atoms with Gasteiger partial charge in [0.15, 0.2) is 6.29 Å². The minimum Gasteiger partial charge on any atom is -0.487 e. The maximum Gasteiger partial charge on any atom is 0.165 e. The fourth-order valence-corrected chi connectivity index (χ4v) is 3.52. The molecule has 0 bridgehead atoms. The van der Waals surface area contributed by atoms with Gasteiger partial charge in [0.2, 0.25) is 0 Å². The molecule has 0 aliphatic rings. The first-order valence-electron chi connectivity index (χ1n) is 9.26. The lowest BCUT2D eigenvalue weighted by Gasteiger charge is -2.22. The Morgan fingerprint density at radius 2 is 1.76 bits per heavy atom. The Balaban J connectivity index is 2.17. The van der Waals surface area contributed by atoms with E-state index in [2.05, 4.69) is 23.3 Å². The summed E-state index contributed by atoms with van der Waals surface area (Å²) >= 11 is 7.85. The number of halogens is 1. The van der Waals surface area contributed by atoms with Crippen molar-refractivity contribution in [2.45, 2.75) is 31.5 Å². The van der Waals surface area contributed by atoms with Crippen LogP contribution in [-0.4, -0.2) is 24.5 Å². The highest BCUT2D eigenvalue weighted by Crippen LogP contribution is 2.23. The smallest absolute Gasteiger partial charge is 0.165 e. The second-order valence-electron chi connectivity index (χ2n) is 6.55. The van der Waals surface area contributed by atoms with E-state index in [0.29, 0.717) is 18.6 Å². The van der Waals surface area contributed by atoms with Crippen molar-refractivity contribution >= 4 is 29.6 Å². The molecule has 0 heterocycles. The number of rotatable bonds is 10. The third-order valence-corrected chi connectivity index (χ3v) is 5.72. The fourth-order valence-electron chi connectivity index (χ4n) is 2.80. The molecule has 0 fully saturated rings. The monoisotopic (exact) mass is 430 g/mol. The second kappa shape index (κ2) is 11.7. The van der Waals surface area contributed by atoms with Gasteiger partial charge in [-0.05, 0) is 35.9 Å². The molecular formula is C23H27ClN2O2S. The number of aldehydes is 1. The van der Waals surface area contributed by atoms with Crippen LogP contribution in [0, 0.1) is 0 Å². The molecule has 154 valence electrons. The maximum absolute atomic E-state index is 11.3. The fraction of sp³-hybridized carbons (Fsp3) is 0.261. The van der Waals surface area contributed by atoms with Gasteiger partial charge in [-0.2, -0.15) is 0 Å². The van der Waals surface area contributed by atoms with Crippen LogP contribution in [0.1, 0.15) is 23.6 Å². The third-order valence-electron chi connectivity index (χ3n) is 4.60. The molecule has 2 rings (SSSR count). The Hall–Kier alpha value is -2.21. The van der Waals surface area contributed by atoms with Crippen LogP contribution < -0.4 is 5.73 Å². The minimum atomic E-state index is 0.0347. The first kappa shape index (κ1) is 23.1. The van der Waals surface area contributed by atoms with Crippen LogP contribution >= 0.6 is 23.4 Å². The summed E-state index contributed by atoms with van der Waals surface area (Å²) in [6.07, 6.45) is 4.46. The highest BCUT2D eigenvalue weighted by Gasteiger charge is 2.10. The number of nitrogens with two attached hydrogens (primary N) is 1. The molecule has 0 amide bonds. The minimum absolute atomic E-state index is 0.0347. The zero-order valence-corrected chi connectivity index (χ0v) is 18.6. The van der Waals surface area contributed by atoms with Crippen molar-refractivity contribution in [1.82, 2.24) is 4.90 Å². The van der Waals surface area contributed by atoms with Crippen LogP contribution in [0.4, 0.5) is 0 Å². The largest absolute Gasteiger partial charge is 0.487 e. The van der Waals surface area contributed by atoms with E-state index in [1.807, 2.05) is 50.4 Å². The van der Waals surface area contributed by atoms with E-state index in [0.717, 1.165) is 23.4 Å². The number of hydrogen-bond donors (Lipinski definition) is 1. The van der Waals surface area contributed by atoms with Crippen LogP contribution in [0.3, 0.4) is 0 Å². The van der Waals surface area contributed by atoms with E-state index in [9.17, 15) is 4.79 Å². The summed E-state index contributed by atoms with van der Waals surface area (Å²) in [5.74, 6) is 0.344. The molecule has 0 saturated carbocycles. The summed E-state index contributed by atoms with van der Waals surface area (Å²) in [5.41, 5.74) is 9.93. The highest BCUT2D eigenvalue weighted by molar-refractivity contribution is 7.98. The molecule has 4 nitrogen and oxygen atoms in total. The molecule has 2 aromatic rings. The van der Waals surface area contributed by atoms with E-state index in [1.54, 1.807) is 17.8 Å². The molecule has 0 saturated heterocycles. The van der Waals surface area contributed by atoms with Gasteiger partial charge in [0, 0.05) is 36.8 Å². The van der Waals surface area contributed by atoms with Gasteiger partial charge in [-0.3, -0.25) is 4.79 Å².